The van der Waals surface area contributed by atoms with Crippen LogP contribution in [0.25, 0.3) is 0 Å². The molecule has 5 N–H and O–H groups in total. The molecule has 46 valence electrons. The first kappa shape index (κ1) is 5.53. The number of nitrogens with one attached hydrogen (secondary N) is 1. The molecule has 1 heterocycles. The minimum Gasteiger partial charge on any atom is -0.387 e. The predicted molar refractivity (Wildman–Crippen MR) is 32.2 cm³/mol. The minimum absolute atomic E-state index is 0.00694. The Morgan fingerprint density at radius 2 is 2.50 bits per heavy atom. The molecule has 1 atom stereocenters. The summed E-state index contributed by atoms with van der Waals surface area (Å²) in [5, 5.41) is 2.92. The van der Waals surface area contributed by atoms with E-state index in [1.165, 1.54) is 0 Å². The van der Waals surface area contributed by atoms with Gasteiger partial charge in [0.25, 0.3) is 0 Å². The van der Waals surface area contributed by atoms with E-state index < -0.39 is 0 Å². The highest BCUT2D eigenvalue weighted by atomic mass is 15.1. The summed E-state index contributed by atoms with van der Waals surface area (Å²) in [5.41, 5.74) is 10.8. The number of hydrogen-bond donors (Lipinski definition) is 3. The SMILES string of the molecule is NC1=NCNC(N)C1. The van der Waals surface area contributed by atoms with E-state index in [1.807, 2.05) is 0 Å². The Balaban J connectivity index is 2.45. The maximum atomic E-state index is 5.45. The monoisotopic (exact) mass is 114 g/mol. The second kappa shape index (κ2) is 2.11. The fourth-order valence-electron chi connectivity index (χ4n) is 0.626. The molecule has 0 spiro atoms. The lowest BCUT2D eigenvalue weighted by molar-refractivity contribution is 0.530. The van der Waals surface area contributed by atoms with Gasteiger partial charge in [0, 0.05) is 6.42 Å². The Hall–Kier alpha value is -0.610. The third-order valence-corrected chi connectivity index (χ3v) is 1.06. The normalized spacial score (nSPS) is 29.6. The number of rotatable bonds is 0. The van der Waals surface area contributed by atoms with Gasteiger partial charge in [-0.15, -0.1) is 0 Å². The lowest BCUT2D eigenvalue weighted by atomic mass is 10.3. The van der Waals surface area contributed by atoms with Gasteiger partial charge in [-0.2, -0.15) is 0 Å². The molecule has 0 bridgehead atoms. The van der Waals surface area contributed by atoms with Crippen LogP contribution in [0.1, 0.15) is 6.42 Å². The molecule has 0 saturated carbocycles. The van der Waals surface area contributed by atoms with Crippen LogP contribution < -0.4 is 16.8 Å². The van der Waals surface area contributed by atoms with Crippen LogP contribution in [-0.4, -0.2) is 18.7 Å². The third-order valence-electron chi connectivity index (χ3n) is 1.06. The molecule has 0 saturated heterocycles. The molecule has 4 heteroatoms. The Bertz CT molecular complexity index is 109. The summed E-state index contributed by atoms with van der Waals surface area (Å²) in [6, 6.07) is 0. The molecule has 1 aliphatic rings. The van der Waals surface area contributed by atoms with Gasteiger partial charge in [-0.25, -0.2) is 0 Å². The van der Waals surface area contributed by atoms with Crippen molar-refractivity contribution in [2.24, 2.45) is 16.5 Å². The first-order valence-corrected chi connectivity index (χ1v) is 2.57. The first-order chi connectivity index (χ1) is 3.79. The highest BCUT2D eigenvalue weighted by molar-refractivity contribution is 5.81. The van der Waals surface area contributed by atoms with Crippen LogP contribution in [0.3, 0.4) is 0 Å². The number of nitrogens with two attached hydrogens (primary N) is 2. The van der Waals surface area contributed by atoms with Gasteiger partial charge in [0.05, 0.1) is 18.7 Å². The molecule has 0 aromatic rings. The maximum absolute atomic E-state index is 5.45. The maximum Gasteiger partial charge on any atom is 0.0982 e. The van der Waals surface area contributed by atoms with Crippen LogP contribution in [0.2, 0.25) is 0 Å². The van der Waals surface area contributed by atoms with Gasteiger partial charge in [0.15, 0.2) is 0 Å². The van der Waals surface area contributed by atoms with Gasteiger partial charge in [0.2, 0.25) is 0 Å². The number of hydrogen-bond acceptors (Lipinski definition) is 4. The summed E-state index contributed by atoms with van der Waals surface area (Å²) >= 11 is 0. The standard InChI is InChI=1S/C4H10N4/c5-3-1-4(6)8-2-7-3/h3,7H,1-2,5H2,(H2,6,8). The number of nitrogens with zero attached hydrogens (tertiary/aromatic N) is 1. The van der Waals surface area contributed by atoms with Gasteiger partial charge in [-0.05, 0) is 0 Å². The second-order valence-electron chi connectivity index (χ2n) is 1.82. The van der Waals surface area contributed by atoms with Crippen molar-refractivity contribution in [3.63, 3.8) is 0 Å². The molecule has 1 rings (SSSR count). The Morgan fingerprint density at radius 3 is 2.88 bits per heavy atom. The summed E-state index contributed by atoms with van der Waals surface area (Å²) in [5.74, 6) is 0.649. The van der Waals surface area contributed by atoms with E-state index in [2.05, 4.69) is 10.3 Å². The van der Waals surface area contributed by atoms with Crippen LogP contribution in [0.4, 0.5) is 0 Å². The van der Waals surface area contributed by atoms with E-state index >= 15 is 0 Å². The molecule has 0 radical (unpaired) electrons. The van der Waals surface area contributed by atoms with E-state index in [-0.39, 0.29) is 6.17 Å². The quantitative estimate of drug-likeness (QED) is 0.361. The van der Waals surface area contributed by atoms with Crippen molar-refractivity contribution in [3.05, 3.63) is 0 Å². The fraction of sp³-hybridized carbons (Fsp3) is 0.750. The largest absolute Gasteiger partial charge is 0.387 e. The average Bonchev–Trinajstić information content (AvgIpc) is 1.64. The third kappa shape index (κ3) is 1.18. The fourth-order valence-corrected chi connectivity index (χ4v) is 0.626. The molecule has 8 heavy (non-hydrogen) atoms. The van der Waals surface area contributed by atoms with Crippen molar-refractivity contribution in [2.45, 2.75) is 12.6 Å². The molecule has 0 fully saturated rings. The highest BCUT2D eigenvalue weighted by Crippen LogP contribution is 1.89. The molecular formula is C4H10N4. The van der Waals surface area contributed by atoms with Crippen molar-refractivity contribution in [1.29, 1.82) is 0 Å². The van der Waals surface area contributed by atoms with Crippen molar-refractivity contribution in [3.8, 4) is 0 Å². The van der Waals surface area contributed by atoms with Gasteiger partial charge < -0.3 is 11.5 Å². The number of aliphatic imine (C=N–C) groups is 1. The molecule has 1 aliphatic heterocycles. The van der Waals surface area contributed by atoms with E-state index in [1.54, 1.807) is 0 Å². The number of amidine groups is 1. The predicted octanol–water partition coefficient (Wildman–Crippen LogP) is -1.42. The second-order valence-corrected chi connectivity index (χ2v) is 1.82. The first-order valence-electron chi connectivity index (χ1n) is 2.57. The van der Waals surface area contributed by atoms with Crippen molar-refractivity contribution >= 4 is 5.84 Å². The molecular weight excluding hydrogens is 104 g/mol. The molecule has 1 unspecified atom stereocenters. The van der Waals surface area contributed by atoms with Gasteiger partial charge >= 0.3 is 0 Å². The lowest BCUT2D eigenvalue weighted by Gasteiger charge is -2.16. The van der Waals surface area contributed by atoms with Crippen LogP contribution in [0.5, 0.6) is 0 Å². The zero-order valence-corrected chi connectivity index (χ0v) is 4.59. The summed E-state index contributed by atoms with van der Waals surface area (Å²) in [6.45, 7) is 0.562. The van der Waals surface area contributed by atoms with Crippen LogP contribution in [0, 0.1) is 0 Å². The highest BCUT2D eigenvalue weighted by Gasteiger charge is 2.06. The van der Waals surface area contributed by atoms with Crippen molar-refractivity contribution < 1.29 is 0 Å². The zero-order valence-electron chi connectivity index (χ0n) is 4.59. The lowest BCUT2D eigenvalue weighted by Crippen LogP contribution is -2.44. The Morgan fingerprint density at radius 1 is 1.75 bits per heavy atom. The van der Waals surface area contributed by atoms with Crippen molar-refractivity contribution in [2.75, 3.05) is 6.67 Å². The van der Waals surface area contributed by atoms with E-state index in [0.717, 1.165) is 0 Å². The van der Waals surface area contributed by atoms with E-state index in [4.69, 9.17) is 11.5 Å². The summed E-state index contributed by atoms with van der Waals surface area (Å²) < 4.78 is 0. The molecule has 4 nitrogen and oxygen atoms in total. The van der Waals surface area contributed by atoms with E-state index in [9.17, 15) is 0 Å². The zero-order chi connectivity index (χ0) is 5.98. The average molecular weight is 114 g/mol. The van der Waals surface area contributed by atoms with Crippen LogP contribution in [0.15, 0.2) is 4.99 Å². The van der Waals surface area contributed by atoms with Crippen molar-refractivity contribution in [1.82, 2.24) is 5.32 Å². The van der Waals surface area contributed by atoms with E-state index in [0.29, 0.717) is 18.9 Å². The topological polar surface area (TPSA) is 76.4 Å². The van der Waals surface area contributed by atoms with Gasteiger partial charge in [-0.3, -0.25) is 10.3 Å². The van der Waals surface area contributed by atoms with Gasteiger partial charge in [-0.1, -0.05) is 0 Å². The van der Waals surface area contributed by atoms with Gasteiger partial charge in [0.1, 0.15) is 0 Å². The summed E-state index contributed by atoms with van der Waals surface area (Å²) in [7, 11) is 0. The Kier molecular flexibility index (Phi) is 1.45. The minimum atomic E-state index is 0.00694. The molecule has 0 aromatic heterocycles. The summed E-state index contributed by atoms with van der Waals surface area (Å²) in [6.07, 6.45) is 0.674. The molecule has 0 aliphatic carbocycles. The summed E-state index contributed by atoms with van der Waals surface area (Å²) in [4.78, 5) is 3.88. The molecule has 0 aromatic carbocycles. The van der Waals surface area contributed by atoms with Crippen LogP contribution >= 0.6 is 0 Å². The van der Waals surface area contributed by atoms with Crippen LogP contribution in [-0.2, 0) is 0 Å². The Labute approximate surface area is 48.0 Å². The molecule has 0 amide bonds. The smallest absolute Gasteiger partial charge is 0.0982 e.